The minimum absolute atomic E-state index is 0.0409. The zero-order valence-electron chi connectivity index (χ0n) is 9.63. The average molecular weight is 260 g/mol. The fourth-order valence-corrected chi connectivity index (χ4v) is 1.70. The highest BCUT2D eigenvalue weighted by molar-refractivity contribution is 5.90. The Bertz CT molecular complexity index is 664. The summed E-state index contributed by atoms with van der Waals surface area (Å²) in [6, 6.07) is 9.30. The van der Waals surface area contributed by atoms with Gasteiger partial charge >= 0.3 is 11.9 Å². The lowest BCUT2D eigenvalue weighted by atomic mass is 10.0. The van der Waals surface area contributed by atoms with E-state index < -0.39 is 17.8 Å². The molecule has 19 heavy (non-hydrogen) atoms. The predicted molar refractivity (Wildman–Crippen MR) is 65.8 cm³/mol. The Hall–Kier alpha value is -2.69. The number of carboxylic acid groups (broad SMARTS) is 2. The minimum Gasteiger partial charge on any atom is -0.478 e. The van der Waals surface area contributed by atoms with Crippen LogP contribution in [0, 0.1) is 5.82 Å². The molecule has 0 spiro atoms. The Labute approximate surface area is 107 Å². The molecule has 0 fully saturated rings. The molecule has 0 aliphatic carbocycles. The summed E-state index contributed by atoms with van der Waals surface area (Å²) >= 11 is 0. The van der Waals surface area contributed by atoms with Gasteiger partial charge in [0.2, 0.25) is 0 Å². The van der Waals surface area contributed by atoms with Gasteiger partial charge in [-0.25, -0.2) is 14.0 Å². The normalized spacial score (nSPS) is 10.2. The fourth-order valence-electron chi connectivity index (χ4n) is 1.70. The maximum atomic E-state index is 13.8. The van der Waals surface area contributed by atoms with E-state index in [9.17, 15) is 14.0 Å². The number of rotatable bonds is 3. The lowest BCUT2D eigenvalue weighted by Gasteiger charge is -2.05. The molecule has 0 heterocycles. The summed E-state index contributed by atoms with van der Waals surface area (Å²) < 4.78 is 13.8. The topological polar surface area (TPSA) is 74.6 Å². The van der Waals surface area contributed by atoms with Crippen molar-refractivity contribution in [2.75, 3.05) is 0 Å². The molecule has 2 aromatic rings. The summed E-state index contributed by atoms with van der Waals surface area (Å²) in [7, 11) is 0. The third-order valence-corrected chi connectivity index (χ3v) is 2.64. The SMILES string of the molecule is O=C(O)c1cccc(-c2ccc(C(=O)O)cc2F)c1. The van der Waals surface area contributed by atoms with Crippen molar-refractivity contribution in [2.24, 2.45) is 0 Å². The standard InChI is InChI=1S/C14H9FO4/c15-12-7-10(14(18)19)4-5-11(12)8-2-1-3-9(6-8)13(16)17/h1-7H,(H,16,17)(H,18,19). The summed E-state index contributed by atoms with van der Waals surface area (Å²) in [5, 5.41) is 17.6. The van der Waals surface area contributed by atoms with Crippen molar-refractivity contribution in [3.8, 4) is 11.1 Å². The van der Waals surface area contributed by atoms with Crippen LogP contribution in [-0.4, -0.2) is 22.2 Å². The molecular weight excluding hydrogens is 251 g/mol. The van der Waals surface area contributed by atoms with Crippen LogP contribution in [0.25, 0.3) is 11.1 Å². The van der Waals surface area contributed by atoms with Gasteiger partial charge in [-0.05, 0) is 29.8 Å². The number of hydrogen-bond acceptors (Lipinski definition) is 2. The van der Waals surface area contributed by atoms with Crippen LogP contribution in [0.5, 0.6) is 0 Å². The number of hydrogen-bond donors (Lipinski definition) is 2. The summed E-state index contributed by atoms with van der Waals surface area (Å²) in [6.45, 7) is 0. The summed E-state index contributed by atoms with van der Waals surface area (Å²) in [4.78, 5) is 21.5. The van der Waals surface area contributed by atoms with Gasteiger partial charge in [0.15, 0.2) is 0 Å². The summed E-state index contributed by atoms with van der Waals surface area (Å²) in [5.74, 6) is -3.03. The molecule has 0 bridgehead atoms. The second-order valence-corrected chi connectivity index (χ2v) is 3.89. The Balaban J connectivity index is 2.50. The maximum absolute atomic E-state index is 13.8. The number of carbonyl (C=O) groups is 2. The van der Waals surface area contributed by atoms with E-state index in [-0.39, 0.29) is 16.7 Å². The molecule has 0 aliphatic rings. The van der Waals surface area contributed by atoms with Gasteiger partial charge in [-0.3, -0.25) is 0 Å². The molecule has 2 N–H and O–H groups in total. The van der Waals surface area contributed by atoms with Crippen molar-refractivity contribution in [1.29, 1.82) is 0 Å². The third-order valence-electron chi connectivity index (χ3n) is 2.64. The molecule has 5 heteroatoms. The molecule has 0 aromatic heterocycles. The highest BCUT2D eigenvalue weighted by Gasteiger charge is 2.11. The van der Waals surface area contributed by atoms with Crippen LogP contribution < -0.4 is 0 Å². The zero-order valence-corrected chi connectivity index (χ0v) is 9.63. The van der Waals surface area contributed by atoms with Crippen molar-refractivity contribution in [3.63, 3.8) is 0 Å². The minimum atomic E-state index is -1.22. The van der Waals surface area contributed by atoms with Gasteiger partial charge < -0.3 is 10.2 Å². The van der Waals surface area contributed by atoms with Crippen molar-refractivity contribution in [3.05, 3.63) is 59.4 Å². The first-order valence-electron chi connectivity index (χ1n) is 5.35. The summed E-state index contributed by atoms with van der Waals surface area (Å²) in [6.07, 6.45) is 0. The van der Waals surface area contributed by atoms with Gasteiger partial charge in [0, 0.05) is 5.56 Å². The summed E-state index contributed by atoms with van der Waals surface area (Å²) in [5.41, 5.74) is 0.428. The van der Waals surface area contributed by atoms with E-state index in [1.54, 1.807) is 6.07 Å². The Kier molecular flexibility index (Phi) is 3.29. The molecule has 2 rings (SSSR count). The van der Waals surface area contributed by atoms with Gasteiger partial charge in [0.1, 0.15) is 5.82 Å². The van der Waals surface area contributed by atoms with Crippen LogP contribution >= 0.6 is 0 Å². The van der Waals surface area contributed by atoms with Crippen LogP contribution in [-0.2, 0) is 0 Å². The highest BCUT2D eigenvalue weighted by Crippen LogP contribution is 2.24. The largest absolute Gasteiger partial charge is 0.478 e. The quantitative estimate of drug-likeness (QED) is 0.889. The molecule has 96 valence electrons. The van der Waals surface area contributed by atoms with Crippen LogP contribution in [0.3, 0.4) is 0 Å². The van der Waals surface area contributed by atoms with Gasteiger partial charge in [-0.15, -0.1) is 0 Å². The van der Waals surface area contributed by atoms with E-state index in [1.165, 1.54) is 30.3 Å². The van der Waals surface area contributed by atoms with Gasteiger partial charge in [0.05, 0.1) is 11.1 Å². The van der Waals surface area contributed by atoms with E-state index in [4.69, 9.17) is 10.2 Å². The fraction of sp³-hybridized carbons (Fsp3) is 0. The van der Waals surface area contributed by atoms with Crippen molar-refractivity contribution < 1.29 is 24.2 Å². The molecular formula is C14H9FO4. The molecule has 0 aliphatic heterocycles. The van der Waals surface area contributed by atoms with Gasteiger partial charge in [-0.1, -0.05) is 18.2 Å². The van der Waals surface area contributed by atoms with E-state index in [2.05, 4.69) is 0 Å². The molecule has 0 atom stereocenters. The van der Waals surface area contributed by atoms with Crippen LogP contribution in [0.1, 0.15) is 20.7 Å². The molecule has 0 saturated carbocycles. The van der Waals surface area contributed by atoms with Gasteiger partial charge in [-0.2, -0.15) is 0 Å². The number of halogens is 1. The second-order valence-electron chi connectivity index (χ2n) is 3.89. The first-order valence-corrected chi connectivity index (χ1v) is 5.35. The Morgan fingerprint density at radius 1 is 0.895 bits per heavy atom. The lowest BCUT2D eigenvalue weighted by molar-refractivity contribution is 0.0686. The van der Waals surface area contributed by atoms with Crippen LogP contribution in [0.4, 0.5) is 4.39 Å². The van der Waals surface area contributed by atoms with E-state index in [1.807, 2.05) is 0 Å². The lowest BCUT2D eigenvalue weighted by Crippen LogP contribution is -1.99. The monoisotopic (exact) mass is 260 g/mol. The predicted octanol–water partition coefficient (Wildman–Crippen LogP) is 2.89. The Morgan fingerprint density at radius 3 is 2.11 bits per heavy atom. The smallest absolute Gasteiger partial charge is 0.335 e. The molecule has 0 unspecified atom stereocenters. The number of benzene rings is 2. The van der Waals surface area contributed by atoms with Gasteiger partial charge in [0.25, 0.3) is 0 Å². The van der Waals surface area contributed by atoms with Crippen LogP contribution in [0.15, 0.2) is 42.5 Å². The van der Waals surface area contributed by atoms with E-state index in [0.29, 0.717) is 5.56 Å². The average Bonchev–Trinajstić information content (AvgIpc) is 2.38. The first kappa shape index (κ1) is 12.8. The molecule has 2 aromatic carbocycles. The second kappa shape index (κ2) is 4.89. The van der Waals surface area contributed by atoms with E-state index in [0.717, 1.165) is 6.07 Å². The Morgan fingerprint density at radius 2 is 1.53 bits per heavy atom. The zero-order chi connectivity index (χ0) is 14.0. The number of aromatic carboxylic acids is 2. The molecule has 0 saturated heterocycles. The number of carboxylic acids is 2. The van der Waals surface area contributed by atoms with Crippen LogP contribution in [0.2, 0.25) is 0 Å². The van der Waals surface area contributed by atoms with Crippen molar-refractivity contribution >= 4 is 11.9 Å². The van der Waals surface area contributed by atoms with E-state index >= 15 is 0 Å². The maximum Gasteiger partial charge on any atom is 0.335 e. The van der Waals surface area contributed by atoms with Crippen molar-refractivity contribution in [1.82, 2.24) is 0 Å². The van der Waals surface area contributed by atoms with Crippen molar-refractivity contribution in [2.45, 2.75) is 0 Å². The molecule has 0 radical (unpaired) electrons. The highest BCUT2D eigenvalue weighted by atomic mass is 19.1. The molecule has 4 nitrogen and oxygen atoms in total. The third kappa shape index (κ3) is 2.60. The molecule has 0 amide bonds. The first-order chi connectivity index (χ1) is 8.99.